The molecule has 238 valence electrons. The van der Waals surface area contributed by atoms with Crippen LogP contribution >= 0.6 is 0 Å². The van der Waals surface area contributed by atoms with Gasteiger partial charge in [0, 0.05) is 13.0 Å². The maximum absolute atomic E-state index is 14.5. The van der Waals surface area contributed by atoms with Gasteiger partial charge < -0.3 is 20.3 Å². The fraction of sp³-hybridized carbons (Fsp3) is 0.447. The second-order valence-corrected chi connectivity index (χ2v) is 12.5. The summed E-state index contributed by atoms with van der Waals surface area (Å²) in [5.41, 5.74) is 1.62. The second-order valence-electron chi connectivity index (χ2n) is 12.5. The van der Waals surface area contributed by atoms with Crippen LogP contribution in [0, 0.1) is 5.92 Å². The Hall–Kier alpha value is -4.13. The van der Waals surface area contributed by atoms with Crippen LogP contribution in [-0.4, -0.2) is 41.2 Å². The summed E-state index contributed by atoms with van der Waals surface area (Å²) in [6, 6.07) is 24.2. The molecule has 1 aliphatic heterocycles. The molecule has 3 aromatic rings. The molecular formula is C38H47N3O4. The average Bonchev–Trinajstić information content (AvgIpc) is 3.07. The van der Waals surface area contributed by atoms with Crippen LogP contribution in [0.3, 0.4) is 0 Å². The Kier molecular flexibility index (Phi) is 11.7. The van der Waals surface area contributed by atoms with Crippen LogP contribution in [0.1, 0.15) is 88.3 Å². The summed E-state index contributed by atoms with van der Waals surface area (Å²) in [7, 11) is 0. The zero-order valence-electron chi connectivity index (χ0n) is 26.5. The largest absolute Gasteiger partial charge is 0.457 e. The van der Waals surface area contributed by atoms with Gasteiger partial charge in [0.25, 0.3) is 0 Å². The van der Waals surface area contributed by atoms with Gasteiger partial charge in [-0.3, -0.25) is 14.4 Å². The van der Waals surface area contributed by atoms with E-state index in [1.165, 1.54) is 6.42 Å². The Morgan fingerprint density at radius 3 is 2.22 bits per heavy atom. The minimum atomic E-state index is -0.938. The lowest BCUT2D eigenvalue weighted by Gasteiger charge is -2.44. The van der Waals surface area contributed by atoms with Gasteiger partial charge in [0.15, 0.2) is 0 Å². The molecule has 1 aliphatic carbocycles. The molecule has 5 rings (SSSR count). The van der Waals surface area contributed by atoms with Crippen molar-refractivity contribution in [1.82, 2.24) is 15.5 Å². The predicted octanol–water partition coefficient (Wildman–Crippen LogP) is 7.13. The van der Waals surface area contributed by atoms with Gasteiger partial charge in [0.05, 0.1) is 0 Å². The summed E-state index contributed by atoms with van der Waals surface area (Å²) in [6.07, 6.45) is 10.6. The number of para-hydroxylation sites is 1. The van der Waals surface area contributed by atoms with Crippen molar-refractivity contribution in [3.8, 4) is 11.5 Å². The Labute approximate surface area is 267 Å². The standard InChI is InChI=1S/C38H47N3O4/c1-2-3-4-14-25-39-37(43)35(30-21-23-32(24-22-30)45-31-19-12-7-13-20-31)41-34(27-29-17-10-6-11-18-29)36(42)40-33(38(41)44)26-28-15-8-5-9-16-28/h5,7-9,12-13,15-16,19-24,29,33-35H,2-4,6,10-11,14,17-18,25-27H2,1H3,(H,39,43)(H,40,42)/t33-,34-,35?/m0/s1. The lowest BCUT2D eigenvalue weighted by Crippen LogP contribution is -2.66. The molecule has 1 heterocycles. The molecule has 3 aromatic carbocycles. The number of nitrogens with zero attached hydrogens (tertiary/aromatic N) is 1. The molecular weight excluding hydrogens is 562 g/mol. The lowest BCUT2D eigenvalue weighted by molar-refractivity contribution is -0.156. The topological polar surface area (TPSA) is 87.7 Å². The first kappa shape index (κ1) is 32.3. The highest BCUT2D eigenvalue weighted by Crippen LogP contribution is 2.35. The minimum Gasteiger partial charge on any atom is -0.457 e. The molecule has 0 bridgehead atoms. The Bertz CT molecular complexity index is 1370. The van der Waals surface area contributed by atoms with Crippen molar-refractivity contribution in [3.63, 3.8) is 0 Å². The fourth-order valence-corrected chi connectivity index (χ4v) is 6.69. The molecule has 7 nitrogen and oxygen atoms in total. The molecule has 1 saturated carbocycles. The van der Waals surface area contributed by atoms with E-state index in [1.807, 2.05) is 84.9 Å². The fourth-order valence-electron chi connectivity index (χ4n) is 6.69. The van der Waals surface area contributed by atoms with E-state index in [9.17, 15) is 14.4 Å². The number of hydrogen-bond donors (Lipinski definition) is 2. The first-order valence-corrected chi connectivity index (χ1v) is 16.8. The van der Waals surface area contributed by atoms with Crippen LogP contribution in [0.2, 0.25) is 0 Å². The number of unbranched alkanes of at least 4 members (excludes halogenated alkanes) is 3. The Morgan fingerprint density at radius 2 is 1.53 bits per heavy atom. The Morgan fingerprint density at radius 1 is 0.867 bits per heavy atom. The van der Waals surface area contributed by atoms with Gasteiger partial charge in [-0.1, -0.05) is 119 Å². The van der Waals surface area contributed by atoms with Crippen LogP contribution in [0.4, 0.5) is 0 Å². The normalized spacial score (nSPS) is 19.5. The van der Waals surface area contributed by atoms with Gasteiger partial charge >= 0.3 is 0 Å². The molecule has 1 saturated heterocycles. The zero-order valence-corrected chi connectivity index (χ0v) is 26.5. The summed E-state index contributed by atoms with van der Waals surface area (Å²) >= 11 is 0. The van der Waals surface area contributed by atoms with E-state index in [0.717, 1.165) is 56.9 Å². The van der Waals surface area contributed by atoms with E-state index < -0.39 is 18.1 Å². The highest BCUT2D eigenvalue weighted by atomic mass is 16.5. The summed E-state index contributed by atoms with van der Waals surface area (Å²) in [4.78, 5) is 44.2. The summed E-state index contributed by atoms with van der Waals surface area (Å²) in [5.74, 6) is 1.05. The molecule has 2 fully saturated rings. The maximum Gasteiger partial charge on any atom is 0.247 e. The van der Waals surface area contributed by atoms with Crippen molar-refractivity contribution in [2.75, 3.05) is 6.54 Å². The molecule has 0 spiro atoms. The monoisotopic (exact) mass is 609 g/mol. The van der Waals surface area contributed by atoms with Gasteiger partial charge in [-0.25, -0.2) is 0 Å². The van der Waals surface area contributed by atoms with Gasteiger partial charge in [-0.15, -0.1) is 0 Å². The number of carbonyl (C=O) groups is 3. The summed E-state index contributed by atoms with van der Waals surface area (Å²) in [5, 5.41) is 6.17. The number of piperazine rings is 1. The third kappa shape index (κ3) is 8.74. The van der Waals surface area contributed by atoms with Crippen LogP contribution in [0.25, 0.3) is 0 Å². The van der Waals surface area contributed by atoms with Gasteiger partial charge in [0.1, 0.15) is 29.6 Å². The number of benzene rings is 3. The molecule has 0 aromatic heterocycles. The molecule has 3 atom stereocenters. The molecule has 7 heteroatoms. The van der Waals surface area contributed by atoms with E-state index in [-0.39, 0.29) is 17.7 Å². The number of amides is 3. The summed E-state index contributed by atoms with van der Waals surface area (Å²) in [6.45, 7) is 2.69. The zero-order chi connectivity index (χ0) is 31.4. The van der Waals surface area contributed by atoms with Crippen molar-refractivity contribution in [3.05, 3.63) is 96.1 Å². The SMILES string of the molecule is CCCCCCNC(=O)C(c1ccc(Oc2ccccc2)cc1)N1C(=O)[C@H](Cc2ccccc2)NC(=O)[C@@H]1CC1CCCCC1. The molecule has 2 aliphatic rings. The summed E-state index contributed by atoms with van der Waals surface area (Å²) < 4.78 is 6.02. The third-order valence-corrected chi connectivity index (χ3v) is 9.10. The first-order chi connectivity index (χ1) is 22.0. The van der Waals surface area contributed by atoms with Crippen molar-refractivity contribution >= 4 is 17.7 Å². The minimum absolute atomic E-state index is 0.175. The highest BCUT2D eigenvalue weighted by Gasteiger charge is 2.47. The van der Waals surface area contributed by atoms with Crippen LogP contribution in [0.15, 0.2) is 84.9 Å². The smallest absolute Gasteiger partial charge is 0.247 e. The van der Waals surface area contributed by atoms with E-state index in [1.54, 1.807) is 4.90 Å². The van der Waals surface area contributed by atoms with E-state index >= 15 is 0 Å². The van der Waals surface area contributed by atoms with E-state index in [2.05, 4.69) is 17.6 Å². The number of carbonyl (C=O) groups excluding carboxylic acids is 3. The van der Waals surface area contributed by atoms with Crippen molar-refractivity contribution in [2.24, 2.45) is 5.92 Å². The van der Waals surface area contributed by atoms with Gasteiger partial charge in [0.2, 0.25) is 17.7 Å². The lowest BCUT2D eigenvalue weighted by atomic mass is 9.82. The average molecular weight is 610 g/mol. The van der Waals surface area contributed by atoms with Gasteiger partial charge in [-0.05, 0) is 54.2 Å². The van der Waals surface area contributed by atoms with Crippen molar-refractivity contribution in [2.45, 2.75) is 95.7 Å². The second kappa shape index (κ2) is 16.3. The number of nitrogens with one attached hydrogen (secondary N) is 2. The quantitative estimate of drug-likeness (QED) is 0.191. The highest BCUT2D eigenvalue weighted by molar-refractivity contribution is 6.00. The maximum atomic E-state index is 14.5. The molecule has 0 radical (unpaired) electrons. The first-order valence-electron chi connectivity index (χ1n) is 16.8. The molecule has 3 amide bonds. The van der Waals surface area contributed by atoms with Crippen LogP contribution in [0.5, 0.6) is 11.5 Å². The molecule has 45 heavy (non-hydrogen) atoms. The van der Waals surface area contributed by atoms with Crippen LogP contribution in [-0.2, 0) is 20.8 Å². The van der Waals surface area contributed by atoms with E-state index in [0.29, 0.717) is 42.4 Å². The number of ether oxygens (including phenoxy) is 1. The molecule has 2 N–H and O–H groups in total. The number of hydrogen-bond acceptors (Lipinski definition) is 4. The van der Waals surface area contributed by atoms with Crippen LogP contribution < -0.4 is 15.4 Å². The number of rotatable bonds is 14. The van der Waals surface area contributed by atoms with Crippen molar-refractivity contribution < 1.29 is 19.1 Å². The Balaban J connectivity index is 1.47. The van der Waals surface area contributed by atoms with Crippen molar-refractivity contribution in [1.29, 1.82) is 0 Å². The van der Waals surface area contributed by atoms with Gasteiger partial charge in [-0.2, -0.15) is 0 Å². The predicted molar refractivity (Wildman–Crippen MR) is 177 cm³/mol. The van der Waals surface area contributed by atoms with E-state index in [4.69, 9.17) is 4.74 Å². The third-order valence-electron chi connectivity index (χ3n) is 9.10. The molecule has 1 unspecified atom stereocenters.